The number of nitrogens with zero attached hydrogens (tertiary/aromatic N) is 1. The Morgan fingerprint density at radius 2 is 1.93 bits per heavy atom. The molecule has 0 aliphatic heterocycles. The average molecular weight is 201 g/mol. The molecule has 0 saturated heterocycles. The Hall–Kier alpha value is -1.55. The first-order valence-electron chi connectivity index (χ1n) is 5.09. The van der Waals surface area contributed by atoms with Gasteiger partial charge in [-0.25, -0.2) is 0 Å². The van der Waals surface area contributed by atoms with Crippen molar-refractivity contribution < 1.29 is 0 Å². The Kier molecular flexibility index (Phi) is 6.13. The maximum Gasteiger partial charge on any atom is 0.0671 e. The van der Waals surface area contributed by atoms with Crippen molar-refractivity contribution in [3.63, 3.8) is 0 Å². The summed E-state index contributed by atoms with van der Waals surface area (Å²) < 4.78 is 0. The van der Waals surface area contributed by atoms with Crippen LogP contribution in [0, 0.1) is 12.8 Å². The molecule has 0 aromatic heterocycles. The van der Waals surface area contributed by atoms with Gasteiger partial charge in [-0.3, -0.25) is 4.99 Å². The molecule has 1 rings (SSSR count). The third-order valence-electron chi connectivity index (χ3n) is 2.40. The van der Waals surface area contributed by atoms with Gasteiger partial charge < -0.3 is 0 Å². The van der Waals surface area contributed by atoms with E-state index in [1.807, 2.05) is 7.05 Å². The zero-order valence-electron chi connectivity index (χ0n) is 10.0. The molecule has 15 heavy (non-hydrogen) atoms. The van der Waals surface area contributed by atoms with Crippen molar-refractivity contribution in [3.05, 3.63) is 34.9 Å². The van der Waals surface area contributed by atoms with E-state index in [-0.39, 0.29) is 0 Å². The van der Waals surface area contributed by atoms with Gasteiger partial charge in [-0.1, -0.05) is 25.2 Å². The van der Waals surface area contributed by atoms with Crippen LogP contribution in [0.4, 0.5) is 0 Å². The van der Waals surface area contributed by atoms with E-state index in [0.29, 0.717) is 0 Å². The van der Waals surface area contributed by atoms with Crippen molar-refractivity contribution in [2.45, 2.75) is 27.2 Å². The van der Waals surface area contributed by atoms with E-state index in [1.165, 1.54) is 16.7 Å². The van der Waals surface area contributed by atoms with Gasteiger partial charge in [0.15, 0.2) is 0 Å². The molecule has 1 heteroatoms. The lowest BCUT2D eigenvalue weighted by molar-refractivity contribution is 1.12. The second-order valence-corrected chi connectivity index (χ2v) is 3.17. The van der Waals surface area contributed by atoms with Crippen LogP contribution in [0.25, 0.3) is 0 Å². The summed E-state index contributed by atoms with van der Waals surface area (Å²) in [7, 11) is 1.86. The largest absolute Gasteiger partial charge is 0.288 e. The number of aliphatic imine (C=N–C) groups is 1. The van der Waals surface area contributed by atoms with Gasteiger partial charge in [-0.05, 0) is 37.0 Å². The lowest BCUT2D eigenvalue weighted by Crippen LogP contribution is -2.10. The molecule has 1 aliphatic carbocycles. The molecule has 0 radical (unpaired) electrons. The predicted octanol–water partition coefficient (Wildman–Crippen LogP) is 3.55. The standard InChI is InChI=1S/C12H17N.C2H2/c1-5-10-8-7-9(3)12(13-4)11(10)6-2;1-2/h6-8H,5H2,1-4H3;1-2H/b11-6-,13-12?;. The summed E-state index contributed by atoms with van der Waals surface area (Å²) in [6, 6.07) is 0. The fourth-order valence-electron chi connectivity index (χ4n) is 1.69. The van der Waals surface area contributed by atoms with E-state index in [0.717, 1.165) is 12.1 Å². The van der Waals surface area contributed by atoms with Gasteiger partial charge in [-0.15, -0.1) is 12.8 Å². The van der Waals surface area contributed by atoms with Crippen LogP contribution in [0.15, 0.2) is 39.9 Å². The van der Waals surface area contributed by atoms with Crippen molar-refractivity contribution in [3.8, 4) is 12.8 Å². The summed E-state index contributed by atoms with van der Waals surface area (Å²) in [5.41, 5.74) is 5.08. The van der Waals surface area contributed by atoms with Crippen molar-refractivity contribution >= 4 is 5.71 Å². The SMILES string of the molecule is C#C.C/C=C1/C(CC)=CC=C(C)C1=NC. The summed E-state index contributed by atoms with van der Waals surface area (Å²) in [5.74, 6) is 0. The average Bonchev–Trinajstić information content (AvgIpc) is 2.31. The second-order valence-electron chi connectivity index (χ2n) is 3.17. The molecule has 0 aromatic rings. The zero-order valence-corrected chi connectivity index (χ0v) is 10.0. The third kappa shape index (κ3) is 2.95. The molecule has 1 nitrogen and oxygen atoms in total. The minimum atomic E-state index is 1.07. The van der Waals surface area contributed by atoms with Gasteiger partial charge in [0, 0.05) is 7.05 Å². The van der Waals surface area contributed by atoms with Crippen LogP contribution in [-0.4, -0.2) is 12.8 Å². The van der Waals surface area contributed by atoms with Crippen molar-refractivity contribution in [1.29, 1.82) is 0 Å². The van der Waals surface area contributed by atoms with Crippen LogP contribution in [0.1, 0.15) is 27.2 Å². The predicted molar refractivity (Wildman–Crippen MR) is 69.1 cm³/mol. The number of hydrogen-bond acceptors (Lipinski definition) is 1. The van der Waals surface area contributed by atoms with E-state index >= 15 is 0 Å². The zero-order chi connectivity index (χ0) is 11.8. The fourth-order valence-corrected chi connectivity index (χ4v) is 1.69. The monoisotopic (exact) mass is 201 g/mol. The van der Waals surface area contributed by atoms with E-state index in [9.17, 15) is 0 Å². The van der Waals surface area contributed by atoms with E-state index in [1.54, 1.807) is 0 Å². The highest BCUT2D eigenvalue weighted by Crippen LogP contribution is 2.24. The first-order valence-corrected chi connectivity index (χ1v) is 5.09. The first-order chi connectivity index (χ1) is 7.24. The molecular formula is C14H19N. The number of allylic oxidation sites excluding steroid dienone is 6. The molecule has 0 bridgehead atoms. The van der Waals surface area contributed by atoms with E-state index < -0.39 is 0 Å². The normalized spacial score (nSPS) is 20.4. The summed E-state index contributed by atoms with van der Waals surface area (Å²) in [5, 5.41) is 0. The molecule has 0 fully saturated rings. The van der Waals surface area contributed by atoms with Gasteiger partial charge in [0.25, 0.3) is 0 Å². The second kappa shape index (κ2) is 6.84. The molecule has 0 spiro atoms. The molecule has 0 saturated carbocycles. The summed E-state index contributed by atoms with van der Waals surface area (Å²) in [6.45, 7) is 6.36. The molecule has 1 aliphatic rings. The van der Waals surface area contributed by atoms with Crippen LogP contribution in [0.2, 0.25) is 0 Å². The molecule has 0 amide bonds. The molecule has 0 aromatic carbocycles. The Balaban J connectivity index is 0.000000921. The van der Waals surface area contributed by atoms with Crippen molar-refractivity contribution in [1.82, 2.24) is 0 Å². The topological polar surface area (TPSA) is 12.4 Å². The third-order valence-corrected chi connectivity index (χ3v) is 2.40. The van der Waals surface area contributed by atoms with E-state index in [2.05, 4.69) is 56.8 Å². The van der Waals surface area contributed by atoms with Gasteiger partial charge >= 0.3 is 0 Å². The minimum Gasteiger partial charge on any atom is -0.288 e. The van der Waals surface area contributed by atoms with Gasteiger partial charge in [-0.2, -0.15) is 0 Å². The number of hydrogen-bond donors (Lipinski definition) is 0. The molecule has 0 atom stereocenters. The Bertz CT molecular complexity index is 349. The molecule has 80 valence electrons. The Morgan fingerprint density at radius 3 is 2.33 bits per heavy atom. The van der Waals surface area contributed by atoms with Crippen LogP contribution < -0.4 is 0 Å². The molecule has 0 heterocycles. The van der Waals surface area contributed by atoms with Gasteiger partial charge in [0.05, 0.1) is 5.71 Å². The molecular weight excluding hydrogens is 182 g/mol. The summed E-state index contributed by atoms with van der Waals surface area (Å²) in [6.07, 6.45) is 15.6. The first kappa shape index (κ1) is 13.4. The van der Waals surface area contributed by atoms with Crippen LogP contribution in [0.5, 0.6) is 0 Å². The summed E-state index contributed by atoms with van der Waals surface area (Å²) >= 11 is 0. The van der Waals surface area contributed by atoms with E-state index in [4.69, 9.17) is 0 Å². The lowest BCUT2D eigenvalue weighted by atomic mass is 9.90. The maximum atomic E-state index is 4.32. The highest BCUT2D eigenvalue weighted by atomic mass is 14.7. The Morgan fingerprint density at radius 1 is 1.33 bits per heavy atom. The molecule has 0 N–H and O–H groups in total. The minimum absolute atomic E-state index is 1.07. The van der Waals surface area contributed by atoms with Gasteiger partial charge in [0.2, 0.25) is 0 Å². The number of terminal acetylenes is 1. The Labute approximate surface area is 93.3 Å². The highest BCUT2D eigenvalue weighted by molar-refractivity contribution is 6.15. The van der Waals surface area contributed by atoms with Crippen LogP contribution >= 0.6 is 0 Å². The lowest BCUT2D eigenvalue weighted by Gasteiger charge is -2.17. The van der Waals surface area contributed by atoms with Crippen molar-refractivity contribution in [2.24, 2.45) is 4.99 Å². The van der Waals surface area contributed by atoms with Crippen LogP contribution in [-0.2, 0) is 0 Å². The fraction of sp³-hybridized carbons (Fsp3) is 0.357. The molecule has 0 unspecified atom stereocenters. The highest BCUT2D eigenvalue weighted by Gasteiger charge is 2.14. The maximum absolute atomic E-state index is 4.32. The quantitative estimate of drug-likeness (QED) is 0.575. The summed E-state index contributed by atoms with van der Waals surface area (Å²) in [4.78, 5) is 4.32. The van der Waals surface area contributed by atoms with Gasteiger partial charge in [0.1, 0.15) is 0 Å². The van der Waals surface area contributed by atoms with Crippen molar-refractivity contribution in [2.75, 3.05) is 7.05 Å². The smallest absolute Gasteiger partial charge is 0.0671 e. The number of rotatable bonds is 1. The van der Waals surface area contributed by atoms with Crippen LogP contribution in [0.3, 0.4) is 0 Å².